The average molecular weight is 345 g/mol. The van der Waals surface area contributed by atoms with E-state index in [9.17, 15) is 4.79 Å². The van der Waals surface area contributed by atoms with E-state index in [4.69, 9.17) is 4.74 Å². The van der Waals surface area contributed by atoms with Crippen LogP contribution in [0.1, 0.15) is 50.1 Å². The molecule has 3 rings (SSSR count). The molecule has 1 fully saturated rings. The maximum absolute atomic E-state index is 12.1. The van der Waals surface area contributed by atoms with Crippen LogP contribution in [-0.4, -0.2) is 28.6 Å². The molecule has 6 heteroatoms. The monoisotopic (exact) mass is 345 g/mol. The van der Waals surface area contributed by atoms with Gasteiger partial charge in [0.05, 0.1) is 17.8 Å². The van der Waals surface area contributed by atoms with Gasteiger partial charge in [0, 0.05) is 23.3 Å². The third-order valence-corrected chi connectivity index (χ3v) is 5.26. The van der Waals surface area contributed by atoms with Gasteiger partial charge >= 0.3 is 0 Å². The lowest BCUT2D eigenvalue weighted by Gasteiger charge is -2.22. The highest BCUT2D eigenvalue weighted by molar-refractivity contribution is 7.10. The molecular weight excluding hydrogens is 322 g/mol. The van der Waals surface area contributed by atoms with Crippen molar-refractivity contribution in [2.45, 2.75) is 51.2 Å². The van der Waals surface area contributed by atoms with E-state index in [1.54, 1.807) is 23.7 Å². The first-order valence-corrected chi connectivity index (χ1v) is 9.37. The van der Waals surface area contributed by atoms with Crippen molar-refractivity contribution in [1.82, 2.24) is 15.3 Å². The summed E-state index contributed by atoms with van der Waals surface area (Å²) >= 11 is 1.55. The number of rotatable bonds is 6. The number of nitrogens with one attached hydrogen (secondary N) is 1. The molecule has 2 aromatic heterocycles. The van der Waals surface area contributed by atoms with Gasteiger partial charge in [0.15, 0.2) is 0 Å². The Morgan fingerprint density at radius 1 is 1.42 bits per heavy atom. The maximum Gasteiger partial charge on any atom is 0.246 e. The molecule has 1 saturated carbocycles. The van der Waals surface area contributed by atoms with E-state index in [0.717, 1.165) is 29.1 Å². The summed E-state index contributed by atoms with van der Waals surface area (Å²) in [5.41, 5.74) is 1.88. The number of nitrogens with zero attached hydrogens (tertiary/aromatic N) is 2. The Bertz CT molecular complexity index is 653. The van der Waals surface area contributed by atoms with Crippen molar-refractivity contribution in [3.8, 4) is 11.3 Å². The predicted molar refractivity (Wildman–Crippen MR) is 94.7 cm³/mol. The fourth-order valence-corrected chi connectivity index (χ4v) is 3.74. The van der Waals surface area contributed by atoms with Gasteiger partial charge in [-0.05, 0) is 31.9 Å². The summed E-state index contributed by atoms with van der Waals surface area (Å²) in [6.45, 7) is 2.08. The quantitative estimate of drug-likeness (QED) is 0.866. The Morgan fingerprint density at radius 2 is 2.25 bits per heavy atom. The van der Waals surface area contributed by atoms with Crippen LogP contribution in [0, 0.1) is 0 Å². The third-order valence-electron chi connectivity index (χ3n) is 4.23. The standard InChI is InChI=1S/C18H23N3O2S/c1-13(20-17(22)11-23-15-7-3-2-4-8-15)18-21-16(12-24-18)14-6-5-9-19-10-14/h5-6,9-10,12-13,15H,2-4,7-8,11H2,1H3,(H,20,22)/t13-/m0/s1. The highest BCUT2D eigenvalue weighted by Gasteiger charge is 2.17. The van der Waals surface area contributed by atoms with E-state index in [-0.39, 0.29) is 24.7 Å². The van der Waals surface area contributed by atoms with Crippen molar-refractivity contribution in [2.24, 2.45) is 0 Å². The molecule has 0 spiro atoms. The average Bonchev–Trinajstić information content (AvgIpc) is 3.12. The Hall–Kier alpha value is -1.79. The molecule has 0 bridgehead atoms. The topological polar surface area (TPSA) is 64.1 Å². The molecule has 2 heterocycles. The van der Waals surface area contributed by atoms with E-state index in [0.29, 0.717) is 0 Å². The molecule has 2 aromatic rings. The zero-order valence-corrected chi connectivity index (χ0v) is 14.7. The van der Waals surface area contributed by atoms with Gasteiger partial charge in [0.25, 0.3) is 0 Å². The lowest BCUT2D eigenvalue weighted by Crippen LogP contribution is -2.32. The molecule has 1 atom stereocenters. The minimum Gasteiger partial charge on any atom is -0.368 e. The first-order chi connectivity index (χ1) is 11.7. The smallest absolute Gasteiger partial charge is 0.246 e. The van der Waals surface area contributed by atoms with E-state index in [1.807, 2.05) is 24.4 Å². The van der Waals surface area contributed by atoms with E-state index in [1.165, 1.54) is 19.3 Å². The van der Waals surface area contributed by atoms with Crippen molar-refractivity contribution in [3.05, 3.63) is 34.9 Å². The van der Waals surface area contributed by atoms with Crippen LogP contribution < -0.4 is 5.32 Å². The van der Waals surface area contributed by atoms with E-state index < -0.39 is 0 Å². The normalized spacial score (nSPS) is 16.7. The first-order valence-electron chi connectivity index (χ1n) is 8.49. The Kier molecular flexibility index (Phi) is 5.93. The molecule has 0 aromatic carbocycles. The van der Waals surface area contributed by atoms with Crippen LogP contribution in [0.4, 0.5) is 0 Å². The van der Waals surface area contributed by atoms with Gasteiger partial charge in [0.2, 0.25) is 5.91 Å². The van der Waals surface area contributed by atoms with E-state index in [2.05, 4.69) is 15.3 Å². The third kappa shape index (κ3) is 4.61. The molecule has 128 valence electrons. The van der Waals surface area contributed by atoms with Crippen molar-refractivity contribution in [1.29, 1.82) is 0 Å². The second-order valence-electron chi connectivity index (χ2n) is 6.17. The van der Waals surface area contributed by atoms with Crippen LogP contribution in [0.5, 0.6) is 0 Å². The van der Waals surface area contributed by atoms with Crippen molar-refractivity contribution in [3.63, 3.8) is 0 Å². The lowest BCUT2D eigenvalue weighted by atomic mass is 9.98. The molecule has 24 heavy (non-hydrogen) atoms. The van der Waals surface area contributed by atoms with Gasteiger partial charge in [-0.1, -0.05) is 19.3 Å². The number of aromatic nitrogens is 2. The van der Waals surface area contributed by atoms with Gasteiger partial charge in [-0.15, -0.1) is 11.3 Å². The number of amides is 1. The summed E-state index contributed by atoms with van der Waals surface area (Å²) in [5, 5.41) is 5.85. The molecule has 0 unspecified atom stereocenters. The summed E-state index contributed by atoms with van der Waals surface area (Å²) in [4.78, 5) is 20.8. The summed E-state index contributed by atoms with van der Waals surface area (Å²) in [6, 6.07) is 3.75. The minimum absolute atomic E-state index is 0.0776. The van der Waals surface area contributed by atoms with Crippen LogP contribution in [0.25, 0.3) is 11.3 Å². The molecule has 0 radical (unpaired) electrons. The first kappa shape index (κ1) is 17.0. The number of hydrogen-bond donors (Lipinski definition) is 1. The Morgan fingerprint density at radius 3 is 3.00 bits per heavy atom. The molecule has 1 aliphatic carbocycles. The summed E-state index contributed by atoms with van der Waals surface area (Å²) < 4.78 is 5.72. The molecule has 1 amide bonds. The second kappa shape index (κ2) is 8.35. The van der Waals surface area contributed by atoms with Crippen LogP contribution in [0.3, 0.4) is 0 Å². The zero-order valence-electron chi connectivity index (χ0n) is 13.9. The van der Waals surface area contributed by atoms with Crippen LogP contribution in [0.2, 0.25) is 0 Å². The minimum atomic E-state index is -0.122. The summed E-state index contributed by atoms with van der Waals surface area (Å²) in [5.74, 6) is -0.0776. The van der Waals surface area contributed by atoms with Crippen LogP contribution >= 0.6 is 11.3 Å². The Labute approximate surface area is 146 Å². The van der Waals surface area contributed by atoms with Crippen molar-refractivity contribution < 1.29 is 9.53 Å². The number of hydrogen-bond acceptors (Lipinski definition) is 5. The maximum atomic E-state index is 12.1. The van der Waals surface area contributed by atoms with Gasteiger partial charge in [-0.25, -0.2) is 4.98 Å². The molecule has 5 nitrogen and oxygen atoms in total. The van der Waals surface area contributed by atoms with Gasteiger partial charge in [-0.2, -0.15) is 0 Å². The van der Waals surface area contributed by atoms with E-state index >= 15 is 0 Å². The largest absolute Gasteiger partial charge is 0.368 e. The fourth-order valence-electron chi connectivity index (χ4n) is 2.90. The van der Waals surface area contributed by atoms with Crippen LogP contribution in [0.15, 0.2) is 29.9 Å². The van der Waals surface area contributed by atoms with Crippen molar-refractivity contribution in [2.75, 3.05) is 6.61 Å². The number of carbonyl (C=O) groups excluding carboxylic acids is 1. The number of thiazole rings is 1. The van der Waals surface area contributed by atoms with Gasteiger partial charge in [-0.3, -0.25) is 9.78 Å². The predicted octanol–water partition coefficient (Wildman–Crippen LogP) is 3.73. The Balaban J connectivity index is 1.50. The second-order valence-corrected chi connectivity index (χ2v) is 7.06. The molecular formula is C18H23N3O2S. The number of ether oxygens (including phenoxy) is 1. The zero-order chi connectivity index (χ0) is 16.8. The highest BCUT2D eigenvalue weighted by atomic mass is 32.1. The molecule has 0 aliphatic heterocycles. The molecule has 1 N–H and O–H groups in total. The fraction of sp³-hybridized carbons (Fsp3) is 0.500. The van der Waals surface area contributed by atoms with Gasteiger partial charge in [0.1, 0.15) is 11.6 Å². The molecule has 1 aliphatic rings. The summed E-state index contributed by atoms with van der Waals surface area (Å²) in [6.07, 6.45) is 9.63. The summed E-state index contributed by atoms with van der Waals surface area (Å²) in [7, 11) is 0. The SMILES string of the molecule is C[C@H](NC(=O)COC1CCCCC1)c1nc(-c2cccnc2)cs1. The van der Waals surface area contributed by atoms with Crippen molar-refractivity contribution >= 4 is 17.2 Å². The lowest BCUT2D eigenvalue weighted by molar-refractivity contribution is -0.129. The number of carbonyl (C=O) groups is 1. The highest BCUT2D eigenvalue weighted by Crippen LogP contribution is 2.25. The molecule has 0 saturated heterocycles. The van der Waals surface area contributed by atoms with Gasteiger partial charge < -0.3 is 10.1 Å². The number of pyridine rings is 1. The van der Waals surface area contributed by atoms with Crippen LogP contribution in [-0.2, 0) is 9.53 Å².